The van der Waals surface area contributed by atoms with Crippen molar-refractivity contribution in [3.8, 4) is 0 Å². The van der Waals surface area contributed by atoms with Gasteiger partial charge in [-0.05, 0) is 37.1 Å². The number of carbonyl (C=O) groups is 1. The lowest BCUT2D eigenvalue weighted by Crippen LogP contribution is -2.39. The molecule has 0 atom stereocenters. The zero-order valence-electron chi connectivity index (χ0n) is 11.9. The number of thiocarbonyl (C=S) groups is 1. The summed E-state index contributed by atoms with van der Waals surface area (Å²) in [6.45, 7) is 0. The second-order valence-electron chi connectivity index (χ2n) is 5.51. The molecular weight excluding hydrogens is 385 g/mol. The van der Waals surface area contributed by atoms with Gasteiger partial charge in [0.05, 0.1) is 4.91 Å². The van der Waals surface area contributed by atoms with E-state index in [2.05, 4.69) is 15.9 Å². The quantitative estimate of drug-likeness (QED) is 0.508. The van der Waals surface area contributed by atoms with Crippen molar-refractivity contribution in [3.05, 3.63) is 39.0 Å². The molecule has 1 aliphatic heterocycles. The van der Waals surface area contributed by atoms with Crippen molar-refractivity contribution < 1.29 is 9.18 Å². The third kappa shape index (κ3) is 3.29. The standard InChI is InChI=1S/C16H15BrFNOS2/c17-11-6-7-13(18)10(8-11)9-14-15(20)19(16(21)22-14)12-4-2-1-3-5-12/h6-9,12H,1-5H2/b14-9-. The molecule has 1 heterocycles. The largest absolute Gasteiger partial charge is 0.290 e. The van der Waals surface area contributed by atoms with Crippen molar-refractivity contribution in [1.29, 1.82) is 0 Å². The van der Waals surface area contributed by atoms with E-state index in [4.69, 9.17) is 12.2 Å². The summed E-state index contributed by atoms with van der Waals surface area (Å²) in [5, 5.41) is 0. The summed E-state index contributed by atoms with van der Waals surface area (Å²) in [5.41, 5.74) is 0.401. The van der Waals surface area contributed by atoms with Crippen LogP contribution < -0.4 is 0 Å². The second kappa shape index (κ2) is 6.81. The first-order valence-electron chi connectivity index (χ1n) is 7.28. The van der Waals surface area contributed by atoms with E-state index in [0.29, 0.717) is 14.8 Å². The molecule has 3 rings (SSSR count). The summed E-state index contributed by atoms with van der Waals surface area (Å²) >= 11 is 9.97. The fourth-order valence-corrected chi connectivity index (χ4v) is 4.67. The number of rotatable bonds is 2. The molecular formula is C16H15BrFNOS2. The molecule has 1 aromatic rings. The molecule has 2 fully saturated rings. The van der Waals surface area contributed by atoms with Crippen LogP contribution in [0.1, 0.15) is 37.7 Å². The molecule has 1 saturated carbocycles. The van der Waals surface area contributed by atoms with E-state index < -0.39 is 0 Å². The van der Waals surface area contributed by atoms with Crippen molar-refractivity contribution in [3.63, 3.8) is 0 Å². The van der Waals surface area contributed by atoms with Gasteiger partial charge in [-0.3, -0.25) is 9.69 Å². The number of thioether (sulfide) groups is 1. The van der Waals surface area contributed by atoms with Gasteiger partial charge in [-0.15, -0.1) is 0 Å². The lowest BCUT2D eigenvalue weighted by Gasteiger charge is -2.29. The van der Waals surface area contributed by atoms with Gasteiger partial charge < -0.3 is 0 Å². The Balaban J connectivity index is 1.86. The molecule has 0 radical (unpaired) electrons. The number of nitrogens with zero attached hydrogens (tertiary/aromatic N) is 1. The van der Waals surface area contributed by atoms with E-state index in [9.17, 15) is 9.18 Å². The van der Waals surface area contributed by atoms with Gasteiger partial charge in [0, 0.05) is 16.1 Å². The Bertz CT molecular complexity index is 656. The normalized spacial score (nSPS) is 21.9. The minimum Gasteiger partial charge on any atom is -0.290 e. The third-order valence-electron chi connectivity index (χ3n) is 4.01. The SMILES string of the molecule is O=C1/C(=C/c2cc(Br)ccc2F)SC(=S)N1C1CCCCC1. The van der Waals surface area contributed by atoms with Gasteiger partial charge in [-0.1, -0.05) is 59.2 Å². The van der Waals surface area contributed by atoms with Crippen LogP contribution in [0, 0.1) is 5.82 Å². The van der Waals surface area contributed by atoms with Gasteiger partial charge >= 0.3 is 0 Å². The van der Waals surface area contributed by atoms with Crippen molar-refractivity contribution in [2.45, 2.75) is 38.1 Å². The van der Waals surface area contributed by atoms with Crippen LogP contribution in [0.25, 0.3) is 6.08 Å². The molecule has 0 spiro atoms. The highest BCUT2D eigenvalue weighted by atomic mass is 79.9. The molecule has 1 aliphatic carbocycles. The molecule has 6 heteroatoms. The number of carbonyl (C=O) groups excluding carboxylic acids is 1. The van der Waals surface area contributed by atoms with Crippen LogP contribution in [0.2, 0.25) is 0 Å². The first kappa shape index (κ1) is 16.1. The highest BCUT2D eigenvalue weighted by Crippen LogP contribution is 2.37. The van der Waals surface area contributed by atoms with Crippen LogP contribution in [0.5, 0.6) is 0 Å². The summed E-state index contributed by atoms with van der Waals surface area (Å²) in [6, 6.07) is 4.90. The third-order valence-corrected chi connectivity index (χ3v) is 5.83. The Kier molecular flexibility index (Phi) is 5.00. The fraction of sp³-hybridized carbons (Fsp3) is 0.375. The highest BCUT2D eigenvalue weighted by molar-refractivity contribution is 9.10. The number of halogens is 2. The Hall–Kier alpha value is -0.720. The minimum atomic E-state index is -0.342. The Morgan fingerprint density at radius 2 is 2.05 bits per heavy atom. The maximum absolute atomic E-state index is 13.9. The van der Waals surface area contributed by atoms with Crippen molar-refractivity contribution in [2.75, 3.05) is 0 Å². The molecule has 1 aromatic carbocycles. The van der Waals surface area contributed by atoms with Crippen LogP contribution in [-0.4, -0.2) is 21.2 Å². The minimum absolute atomic E-state index is 0.0822. The van der Waals surface area contributed by atoms with Crippen LogP contribution >= 0.6 is 39.9 Å². The monoisotopic (exact) mass is 399 g/mol. The van der Waals surface area contributed by atoms with E-state index in [1.54, 1.807) is 23.1 Å². The van der Waals surface area contributed by atoms with Gasteiger partial charge in [0.15, 0.2) is 0 Å². The average molecular weight is 400 g/mol. The Labute approximate surface area is 147 Å². The molecule has 0 N–H and O–H groups in total. The number of hydrogen-bond donors (Lipinski definition) is 0. The maximum atomic E-state index is 13.9. The van der Waals surface area contributed by atoms with E-state index in [1.165, 1.54) is 24.2 Å². The molecule has 116 valence electrons. The molecule has 0 aromatic heterocycles. The number of benzene rings is 1. The van der Waals surface area contributed by atoms with Gasteiger partial charge in [0.25, 0.3) is 5.91 Å². The van der Waals surface area contributed by atoms with Gasteiger partial charge in [0.1, 0.15) is 10.1 Å². The molecule has 1 amide bonds. The fourth-order valence-electron chi connectivity index (χ4n) is 2.90. The first-order chi connectivity index (χ1) is 10.6. The van der Waals surface area contributed by atoms with Crippen LogP contribution in [-0.2, 0) is 4.79 Å². The van der Waals surface area contributed by atoms with Crippen LogP contribution in [0.15, 0.2) is 27.6 Å². The zero-order chi connectivity index (χ0) is 15.7. The Morgan fingerprint density at radius 1 is 1.32 bits per heavy atom. The molecule has 22 heavy (non-hydrogen) atoms. The number of amides is 1. The zero-order valence-corrected chi connectivity index (χ0v) is 15.1. The summed E-state index contributed by atoms with van der Waals surface area (Å²) in [5.74, 6) is -0.424. The molecule has 0 bridgehead atoms. The first-order valence-corrected chi connectivity index (χ1v) is 9.30. The topological polar surface area (TPSA) is 20.3 Å². The lowest BCUT2D eigenvalue weighted by molar-refractivity contribution is -0.124. The van der Waals surface area contributed by atoms with Crippen molar-refractivity contribution >= 4 is 56.2 Å². The van der Waals surface area contributed by atoms with Gasteiger partial charge in [-0.25, -0.2) is 4.39 Å². The summed E-state index contributed by atoms with van der Waals surface area (Å²) in [7, 11) is 0. The van der Waals surface area contributed by atoms with Crippen LogP contribution in [0.4, 0.5) is 4.39 Å². The highest BCUT2D eigenvalue weighted by Gasteiger charge is 2.37. The van der Waals surface area contributed by atoms with Crippen molar-refractivity contribution in [2.24, 2.45) is 0 Å². The lowest BCUT2D eigenvalue weighted by atomic mass is 9.94. The van der Waals surface area contributed by atoms with E-state index in [0.717, 1.165) is 30.2 Å². The molecule has 1 saturated heterocycles. The summed E-state index contributed by atoms with van der Waals surface area (Å²) in [4.78, 5) is 14.9. The molecule has 2 aliphatic rings. The van der Waals surface area contributed by atoms with E-state index in [1.807, 2.05) is 0 Å². The van der Waals surface area contributed by atoms with Gasteiger partial charge in [-0.2, -0.15) is 0 Å². The van der Waals surface area contributed by atoms with E-state index >= 15 is 0 Å². The predicted molar refractivity (Wildman–Crippen MR) is 96.0 cm³/mol. The average Bonchev–Trinajstić information content (AvgIpc) is 2.78. The smallest absolute Gasteiger partial charge is 0.266 e. The Morgan fingerprint density at radius 3 is 2.77 bits per heavy atom. The molecule has 0 unspecified atom stereocenters. The van der Waals surface area contributed by atoms with E-state index in [-0.39, 0.29) is 17.8 Å². The van der Waals surface area contributed by atoms with Crippen molar-refractivity contribution in [1.82, 2.24) is 4.90 Å². The van der Waals surface area contributed by atoms with Crippen LogP contribution in [0.3, 0.4) is 0 Å². The maximum Gasteiger partial charge on any atom is 0.266 e. The van der Waals surface area contributed by atoms with Gasteiger partial charge in [0.2, 0.25) is 0 Å². The summed E-state index contributed by atoms with van der Waals surface area (Å²) < 4.78 is 15.2. The predicted octanol–water partition coefficient (Wildman–Crippen LogP) is 5.12. The number of hydrogen-bond acceptors (Lipinski definition) is 3. The second-order valence-corrected chi connectivity index (χ2v) is 8.10. The molecule has 2 nitrogen and oxygen atoms in total. The summed E-state index contributed by atoms with van der Waals surface area (Å²) in [6.07, 6.45) is 7.12.